The van der Waals surface area contributed by atoms with Gasteiger partial charge in [-0.1, -0.05) is 27.7 Å². The summed E-state index contributed by atoms with van der Waals surface area (Å²) in [5.74, 6) is -2.46. The van der Waals surface area contributed by atoms with Crippen LogP contribution in [0.3, 0.4) is 0 Å². The summed E-state index contributed by atoms with van der Waals surface area (Å²) in [7, 11) is 7.03. The van der Waals surface area contributed by atoms with E-state index in [1.54, 1.807) is 33.0 Å². The standard InChI is InChI=1S/C41H71N3O12/c1-15-28-41(10)33-23(4)30(42-16-17-44(33)38(48)56-41)21(2)19-40(9,50-14)35(55-37-31(45)27(43(11)12)18-22(3)51-37)24(5)32(25(6)36(47)53-28)54-29-20-39(8,49-13)34(46)26(7)52-29/h21-29,31-35,37,45-46H,15-20H2,1-14H3/t21-,22-,23+,24+,25-,26+,27+,28+,29+,31-,32+,33-,34+,35-,37+,39-,40-,41-/m1/s1. The maximum absolute atomic E-state index is 14.6. The average molecular weight is 798 g/mol. The third-order valence-corrected chi connectivity index (χ3v) is 13.8. The summed E-state index contributed by atoms with van der Waals surface area (Å²) >= 11 is 0. The summed E-state index contributed by atoms with van der Waals surface area (Å²) in [6, 6.07) is -0.686. The molecule has 5 aliphatic heterocycles. The number of hydrogen-bond donors (Lipinski definition) is 2. The Morgan fingerprint density at radius 3 is 2.20 bits per heavy atom. The number of hydrogen-bond acceptors (Lipinski definition) is 14. The minimum Gasteiger partial charge on any atom is -0.458 e. The summed E-state index contributed by atoms with van der Waals surface area (Å²) in [6.07, 6.45) is -6.03. The zero-order valence-corrected chi connectivity index (χ0v) is 36.2. The molecule has 0 radical (unpaired) electrons. The molecule has 15 nitrogen and oxygen atoms in total. The van der Waals surface area contributed by atoms with Crippen molar-refractivity contribution in [2.24, 2.45) is 28.7 Å². The molecule has 322 valence electrons. The van der Waals surface area contributed by atoms with Gasteiger partial charge >= 0.3 is 12.1 Å². The van der Waals surface area contributed by atoms with Gasteiger partial charge in [0.1, 0.15) is 18.3 Å². The molecule has 4 fully saturated rings. The first kappa shape index (κ1) is 45.1. The van der Waals surface area contributed by atoms with Crippen molar-refractivity contribution in [3.63, 3.8) is 0 Å². The fourth-order valence-corrected chi connectivity index (χ4v) is 10.5. The van der Waals surface area contributed by atoms with Gasteiger partial charge in [0.15, 0.2) is 18.2 Å². The second kappa shape index (κ2) is 17.3. The Hall–Kier alpha value is -1.95. The number of aliphatic imine (C=N–C) groups is 1. The Balaban J connectivity index is 1.65. The number of esters is 1. The Morgan fingerprint density at radius 2 is 1.59 bits per heavy atom. The second-order valence-corrected chi connectivity index (χ2v) is 18.1. The van der Waals surface area contributed by atoms with Crippen LogP contribution >= 0.6 is 0 Å². The van der Waals surface area contributed by atoms with E-state index in [4.69, 9.17) is 42.9 Å². The smallest absolute Gasteiger partial charge is 0.410 e. The van der Waals surface area contributed by atoms with Crippen molar-refractivity contribution in [2.45, 2.75) is 179 Å². The van der Waals surface area contributed by atoms with Crippen molar-refractivity contribution in [1.82, 2.24) is 9.80 Å². The maximum Gasteiger partial charge on any atom is 0.410 e. The predicted molar refractivity (Wildman–Crippen MR) is 207 cm³/mol. The van der Waals surface area contributed by atoms with Crippen LogP contribution in [0.15, 0.2) is 4.99 Å². The number of carbonyl (C=O) groups excluding carboxylic acids is 2. The molecular formula is C41H71N3O12. The molecule has 0 aromatic heterocycles. The first-order valence-corrected chi connectivity index (χ1v) is 20.6. The summed E-state index contributed by atoms with van der Waals surface area (Å²) in [5, 5.41) is 22.8. The molecular weight excluding hydrogens is 726 g/mol. The van der Waals surface area contributed by atoms with Crippen LogP contribution in [-0.2, 0) is 42.7 Å². The Kier molecular flexibility index (Phi) is 14.0. The Labute approximate surface area is 334 Å². The number of nitrogens with zero attached hydrogens (tertiary/aromatic N) is 3. The van der Waals surface area contributed by atoms with Gasteiger partial charge in [0.2, 0.25) is 0 Å². The molecule has 5 rings (SSSR count). The number of aliphatic hydroxyl groups is 2. The highest BCUT2D eigenvalue weighted by Crippen LogP contribution is 2.45. The maximum atomic E-state index is 14.6. The van der Waals surface area contributed by atoms with E-state index in [2.05, 4.69) is 13.8 Å². The molecule has 1 amide bonds. The van der Waals surface area contributed by atoms with Crippen LogP contribution in [0, 0.1) is 23.7 Å². The van der Waals surface area contributed by atoms with E-state index >= 15 is 0 Å². The normalized spacial score (nSPS) is 48.1. The molecule has 4 saturated heterocycles. The molecule has 5 heterocycles. The number of amides is 1. The number of methoxy groups -OCH3 is 2. The van der Waals surface area contributed by atoms with Crippen molar-refractivity contribution in [1.29, 1.82) is 0 Å². The van der Waals surface area contributed by atoms with Gasteiger partial charge in [0.05, 0.1) is 54.1 Å². The van der Waals surface area contributed by atoms with E-state index in [0.29, 0.717) is 32.4 Å². The molecule has 0 aliphatic carbocycles. The number of ether oxygens (including phenoxy) is 8. The Morgan fingerprint density at radius 1 is 0.929 bits per heavy atom. The van der Waals surface area contributed by atoms with Crippen LogP contribution in [-0.4, -0.2) is 163 Å². The fourth-order valence-electron chi connectivity index (χ4n) is 10.5. The minimum absolute atomic E-state index is 0.160. The van der Waals surface area contributed by atoms with Crippen LogP contribution in [0.25, 0.3) is 0 Å². The zero-order valence-electron chi connectivity index (χ0n) is 36.2. The van der Waals surface area contributed by atoms with E-state index < -0.39 is 95.9 Å². The minimum atomic E-state index is -1.17. The van der Waals surface area contributed by atoms with Crippen LogP contribution in [0.2, 0.25) is 0 Å². The largest absolute Gasteiger partial charge is 0.458 e. The van der Waals surface area contributed by atoms with Gasteiger partial charge in [0.25, 0.3) is 0 Å². The predicted octanol–water partition coefficient (Wildman–Crippen LogP) is 3.79. The van der Waals surface area contributed by atoms with E-state index in [0.717, 1.165) is 5.71 Å². The molecule has 2 N–H and O–H groups in total. The van der Waals surface area contributed by atoms with Gasteiger partial charge < -0.3 is 53.0 Å². The van der Waals surface area contributed by atoms with E-state index in [-0.39, 0.29) is 30.4 Å². The SMILES string of the molecule is CC[C@@H]1OC(=O)[C@H](C)[C@@H](O[C@H]2C[C@@](C)(OC)[C@@H](O)[C@H](C)O2)[C@H](C)[C@@H](O[C@@H]2O[C@H](C)C[C@H](N(C)C)[C@H]2O)[C@](C)(OC)C[C@@H](C)C2=NCCN3C(=O)O[C@@]1(C)[C@H]3[C@H]2C. The third-order valence-electron chi connectivity index (χ3n) is 13.8. The molecule has 0 spiro atoms. The highest BCUT2D eigenvalue weighted by molar-refractivity contribution is 5.91. The quantitative estimate of drug-likeness (QED) is 0.341. The lowest BCUT2D eigenvalue weighted by Crippen LogP contribution is -2.61. The van der Waals surface area contributed by atoms with Crippen molar-refractivity contribution in [2.75, 3.05) is 41.4 Å². The van der Waals surface area contributed by atoms with Gasteiger partial charge in [-0.2, -0.15) is 0 Å². The zero-order chi connectivity index (χ0) is 41.7. The number of rotatable bonds is 8. The molecule has 0 unspecified atom stereocenters. The number of likely N-dealkylation sites (N-methyl/N-ethyl adjacent to an activating group) is 1. The van der Waals surface area contributed by atoms with Crippen LogP contribution < -0.4 is 0 Å². The lowest BCUT2D eigenvalue weighted by Gasteiger charge is -2.50. The highest BCUT2D eigenvalue weighted by atomic mass is 16.7. The molecule has 0 aromatic rings. The topological polar surface area (TPSA) is 167 Å². The summed E-state index contributed by atoms with van der Waals surface area (Å²) < 4.78 is 51.5. The van der Waals surface area contributed by atoms with E-state index in [1.165, 1.54) is 0 Å². The number of cyclic esters (lactones) is 1. The molecule has 2 bridgehead atoms. The van der Waals surface area contributed by atoms with Gasteiger partial charge in [-0.3, -0.25) is 14.7 Å². The highest BCUT2D eigenvalue weighted by Gasteiger charge is 2.61. The van der Waals surface area contributed by atoms with Crippen LogP contribution in [0.5, 0.6) is 0 Å². The Bertz CT molecular complexity index is 1420. The summed E-state index contributed by atoms with van der Waals surface area (Å²) in [5.41, 5.74) is -2.31. The summed E-state index contributed by atoms with van der Waals surface area (Å²) in [4.78, 5) is 37.0. The number of aliphatic hydroxyl groups excluding tert-OH is 2. The van der Waals surface area contributed by atoms with Gasteiger partial charge in [-0.25, -0.2) is 4.79 Å². The molecule has 0 saturated carbocycles. The van der Waals surface area contributed by atoms with Crippen LogP contribution in [0.4, 0.5) is 4.79 Å². The van der Waals surface area contributed by atoms with Gasteiger partial charge in [-0.15, -0.1) is 0 Å². The first-order valence-electron chi connectivity index (χ1n) is 20.6. The average Bonchev–Trinajstić information content (AvgIpc) is 3.27. The first-order chi connectivity index (χ1) is 26.2. The molecule has 18 atom stereocenters. The van der Waals surface area contributed by atoms with Crippen LogP contribution in [0.1, 0.15) is 94.9 Å². The number of carbonyl (C=O) groups is 2. The monoisotopic (exact) mass is 798 g/mol. The van der Waals surface area contributed by atoms with Gasteiger partial charge in [0, 0.05) is 50.8 Å². The van der Waals surface area contributed by atoms with Crippen molar-refractivity contribution < 1.29 is 57.7 Å². The molecule has 5 aliphatic rings. The lowest BCUT2D eigenvalue weighted by atomic mass is 9.72. The summed E-state index contributed by atoms with van der Waals surface area (Å²) in [6.45, 7) is 19.9. The van der Waals surface area contributed by atoms with Crippen molar-refractivity contribution in [3.8, 4) is 0 Å². The third kappa shape index (κ3) is 8.40. The fraction of sp³-hybridized carbons (Fsp3) is 0.927. The number of fused-ring (bicyclic) bond motifs is 1. The van der Waals surface area contributed by atoms with E-state index in [1.807, 2.05) is 60.5 Å². The van der Waals surface area contributed by atoms with Crippen molar-refractivity contribution in [3.05, 3.63) is 0 Å². The second-order valence-electron chi connectivity index (χ2n) is 18.1. The molecule has 56 heavy (non-hydrogen) atoms. The molecule has 0 aromatic carbocycles. The lowest BCUT2D eigenvalue weighted by molar-refractivity contribution is -0.319. The molecule has 15 heteroatoms. The van der Waals surface area contributed by atoms with Gasteiger partial charge in [-0.05, 0) is 80.8 Å². The van der Waals surface area contributed by atoms with Crippen molar-refractivity contribution >= 4 is 17.8 Å². The van der Waals surface area contributed by atoms with E-state index in [9.17, 15) is 19.8 Å².